The number of hydrogen-bond donors (Lipinski definition) is 3. The summed E-state index contributed by atoms with van der Waals surface area (Å²) in [6.45, 7) is 4.17. The van der Waals surface area contributed by atoms with Gasteiger partial charge in [0.1, 0.15) is 6.04 Å². The Kier molecular flexibility index (Phi) is 5.40. The van der Waals surface area contributed by atoms with Crippen molar-refractivity contribution in [3.8, 4) is 0 Å². The molecule has 4 rings (SSSR count). The van der Waals surface area contributed by atoms with Crippen LogP contribution >= 0.6 is 0 Å². The maximum absolute atomic E-state index is 12.8. The fourth-order valence-corrected chi connectivity index (χ4v) is 4.05. The molecule has 2 atom stereocenters. The summed E-state index contributed by atoms with van der Waals surface area (Å²) in [5.74, 6) is -0.838. The quantitative estimate of drug-likeness (QED) is 0.559. The van der Waals surface area contributed by atoms with E-state index < -0.39 is 17.5 Å². The SMILES string of the molecule is CC(N)(CNCc1ccc2c(c1)CN(C1CCC(=O)NC1=O)C2=O)Cn1cccn1. The fourth-order valence-electron chi connectivity index (χ4n) is 4.05. The van der Waals surface area contributed by atoms with E-state index in [9.17, 15) is 14.4 Å². The maximum atomic E-state index is 12.8. The lowest BCUT2D eigenvalue weighted by Gasteiger charge is -2.29. The van der Waals surface area contributed by atoms with E-state index in [-0.39, 0.29) is 18.2 Å². The monoisotopic (exact) mass is 410 g/mol. The normalized spacial score (nSPS) is 20.8. The number of nitrogens with zero attached hydrogens (tertiary/aromatic N) is 3. The minimum absolute atomic E-state index is 0.159. The third kappa shape index (κ3) is 4.27. The molecular weight excluding hydrogens is 384 g/mol. The average molecular weight is 410 g/mol. The smallest absolute Gasteiger partial charge is 0.255 e. The van der Waals surface area contributed by atoms with Gasteiger partial charge in [0.05, 0.1) is 6.54 Å². The molecule has 0 saturated carbocycles. The van der Waals surface area contributed by atoms with Crippen molar-refractivity contribution in [2.45, 2.75) is 51.0 Å². The van der Waals surface area contributed by atoms with Crippen molar-refractivity contribution in [1.82, 2.24) is 25.3 Å². The first kappa shape index (κ1) is 20.2. The summed E-state index contributed by atoms with van der Waals surface area (Å²) in [5.41, 5.74) is 8.47. The second kappa shape index (κ2) is 8.00. The predicted octanol–water partition coefficient (Wildman–Crippen LogP) is 0.151. The van der Waals surface area contributed by atoms with Gasteiger partial charge in [0.2, 0.25) is 11.8 Å². The van der Waals surface area contributed by atoms with Gasteiger partial charge in [0.25, 0.3) is 5.91 Å². The van der Waals surface area contributed by atoms with Crippen molar-refractivity contribution in [2.24, 2.45) is 5.73 Å². The van der Waals surface area contributed by atoms with E-state index in [0.29, 0.717) is 38.2 Å². The zero-order valence-corrected chi connectivity index (χ0v) is 16.9. The van der Waals surface area contributed by atoms with Crippen LogP contribution in [0.3, 0.4) is 0 Å². The molecule has 2 aromatic rings. The highest BCUT2D eigenvalue weighted by molar-refractivity contribution is 6.05. The highest BCUT2D eigenvalue weighted by Crippen LogP contribution is 2.28. The van der Waals surface area contributed by atoms with Gasteiger partial charge in [-0.05, 0) is 36.6 Å². The lowest BCUT2D eigenvalue weighted by atomic mass is 10.0. The molecule has 158 valence electrons. The van der Waals surface area contributed by atoms with Crippen molar-refractivity contribution in [3.63, 3.8) is 0 Å². The van der Waals surface area contributed by atoms with Crippen LogP contribution < -0.4 is 16.4 Å². The number of benzene rings is 1. The number of nitrogens with two attached hydrogens (primary N) is 1. The molecule has 3 heterocycles. The summed E-state index contributed by atoms with van der Waals surface area (Å²) in [7, 11) is 0. The van der Waals surface area contributed by atoms with Crippen LogP contribution in [0.15, 0.2) is 36.7 Å². The van der Waals surface area contributed by atoms with Crippen LogP contribution in [0.4, 0.5) is 0 Å². The fraction of sp³-hybridized carbons (Fsp3) is 0.429. The molecule has 1 aromatic heterocycles. The average Bonchev–Trinajstić information content (AvgIpc) is 3.29. The molecule has 1 fully saturated rings. The molecule has 9 nitrogen and oxygen atoms in total. The summed E-state index contributed by atoms with van der Waals surface area (Å²) < 4.78 is 1.81. The van der Waals surface area contributed by atoms with Crippen molar-refractivity contribution in [3.05, 3.63) is 53.3 Å². The Hall–Kier alpha value is -3.04. The largest absolute Gasteiger partial charge is 0.323 e. The molecule has 1 aromatic carbocycles. The standard InChI is InChI=1S/C21H26N6O3/c1-21(22,13-26-8-2-7-24-26)12-23-10-14-3-4-16-15(9-14)11-27(20(16)30)17-5-6-18(28)25-19(17)29/h2-4,7-9,17,23H,5-6,10-13,22H2,1H3,(H,25,28,29). The zero-order valence-electron chi connectivity index (χ0n) is 16.9. The van der Waals surface area contributed by atoms with E-state index in [0.717, 1.165) is 11.1 Å². The molecule has 2 unspecified atom stereocenters. The van der Waals surface area contributed by atoms with Gasteiger partial charge in [-0.15, -0.1) is 0 Å². The summed E-state index contributed by atoms with van der Waals surface area (Å²) >= 11 is 0. The Morgan fingerprint density at radius 2 is 2.17 bits per heavy atom. The molecule has 2 aliphatic heterocycles. The van der Waals surface area contributed by atoms with Gasteiger partial charge >= 0.3 is 0 Å². The summed E-state index contributed by atoms with van der Waals surface area (Å²) in [5, 5.41) is 9.89. The predicted molar refractivity (Wildman–Crippen MR) is 109 cm³/mol. The number of carbonyl (C=O) groups is 3. The molecule has 0 bridgehead atoms. The van der Waals surface area contributed by atoms with E-state index in [1.54, 1.807) is 11.1 Å². The van der Waals surface area contributed by atoms with Crippen LogP contribution in [0.2, 0.25) is 0 Å². The van der Waals surface area contributed by atoms with E-state index >= 15 is 0 Å². The summed E-state index contributed by atoms with van der Waals surface area (Å²) in [6, 6.07) is 7.00. The van der Waals surface area contributed by atoms with Gasteiger partial charge in [-0.25, -0.2) is 0 Å². The van der Waals surface area contributed by atoms with Crippen LogP contribution in [0.1, 0.15) is 41.3 Å². The van der Waals surface area contributed by atoms with Crippen LogP contribution in [0, 0.1) is 0 Å². The Morgan fingerprint density at radius 3 is 2.90 bits per heavy atom. The first-order valence-corrected chi connectivity index (χ1v) is 10.1. The maximum Gasteiger partial charge on any atom is 0.255 e. The molecule has 0 radical (unpaired) electrons. The molecule has 9 heteroatoms. The highest BCUT2D eigenvalue weighted by atomic mass is 16.2. The second-order valence-corrected chi connectivity index (χ2v) is 8.35. The van der Waals surface area contributed by atoms with Crippen molar-refractivity contribution in [1.29, 1.82) is 0 Å². The molecule has 2 aliphatic rings. The van der Waals surface area contributed by atoms with Crippen LogP contribution in [-0.4, -0.2) is 50.5 Å². The zero-order chi connectivity index (χ0) is 21.3. The van der Waals surface area contributed by atoms with Crippen molar-refractivity contribution in [2.75, 3.05) is 6.54 Å². The number of amides is 3. The molecule has 1 saturated heterocycles. The second-order valence-electron chi connectivity index (χ2n) is 8.35. The van der Waals surface area contributed by atoms with Gasteiger partial charge in [-0.2, -0.15) is 5.10 Å². The van der Waals surface area contributed by atoms with Gasteiger partial charge in [-0.1, -0.05) is 12.1 Å². The third-order valence-electron chi connectivity index (χ3n) is 5.53. The molecule has 0 aliphatic carbocycles. The van der Waals surface area contributed by atoms with Crippen LogP contribution in [0.25, 0.3) is 0 Å². The van der Waals surface area contributed by atoms with E-state index in [1.807, 2.05) is 42.1 Å². The number of nitrogens with one attached hydrogen (secondary N) is 2. The lowest BCUT2D eigenvalue weighted by Crippen LogP contribution is -2.52. The highest BCUT2D eigenvalue weighted by Gasteiger charge is 2.39. The summed E-state index contributed by atoms with van der Waals surface area (Å²) in [4.78, 5) is 37.8. The minimum atomic E-state index is -0.593. The Bertz CT molecular complexity index is 969. The van der Waals surface area contributed by atoms with Gasteiger partial charge in [-0.3, -0.25) is 24.4 Å². The van der Waals surface area contributed by atoms with E-state index in [2.05, 4.69) is 15.7 Å². The number of hydrogen-bond acceptors (Lipinski definition) is 6. The van der Waals surface area contributed by atoms with E-state index in [4.69, 9.17) is 5.73 Å². The molecule has 4 N–H and O–H groups in total. The first-order chi connectivity index (χ1) is 14.3. The number of carbonyl (C=O) groups excluding carboxylic acids is 3. The number of imide groups is 1. The van der Waals surface area contributed by atoms with Gasteiger partial charge < -0.3 is 16.0 Å². The third-order valence-corrected chi connectivity index (χ3v) is 5.53. The lowest BCUT2D eigenvalue weighted by molar-refractivity contribution is -0.136. The van der Waals surface area contributed by atoms with Crippen LogP contribution in [0.5, 0.6) is 0 Å². The number of piperidine rings is 1. The number of fused-ring (bicyclic) bond motifs is 1. The van der Waals surface area contributed by atoms with E-state index in [1.165, 1.54) is 0 Å². The molecular formula is C21H26N6O3. The van der Waals surface area contributed by atoms with Crippen LogP contribution in [-0.2, 0) is 29.2 Å². The molecule has 0 spiro atoms. The first-order valence-electron chi connectivity index (χ1n) is 10.1. The molecule has 30 heavy (non-hydrogen) atoms. The van der Waals surface area contributed by atoms with Gasteiger partial charge in [0.15, 0.2) is 0 Å². The Morgan fingerprint density at radius 1 is 1.33 bits per heavy atom. The number of aromatic nitrogens is 2. The number of rotatable bonds is 7. The Balaban J connectivity index is 1.36. The topological polar surface area (TPSA) is 122 Å². The molecule has 3 amide bonds. The van der Waals surface area contributed by atoms with Gasteiger partial charge in [0, 0.05) is 49.6 Å². The Labute approximate surface area is 174 Å². The van der Waals surface area contributed by atoms with Crippen molar-refractivity contribution >= 4 is 17.7 Å². The summed E-state index contributed by atoms with van der Waals surface area (Å²) in [6.07, 6.45) is 4.23. The minimum Gasteiger partial charge on any atom is -0.323 e. The van der Waals surface area contributed by atoms with Crippen molar-refractivity contribution < 1.29 is 14.4 Å².